The minimum atomic E-state index is 0.0280. The van der Waals surface area contributed by atoms with E-state index in [0.717, 1.165) is 37.2 Å². The molecular weight excluding hydrogens is 262 g/mol. The van der Waals surface area contributed by atoms with E-state index in [0.29, 0.717) is 5.22 Å². The van der Waals surface area contributed by atoms with Crippen molar-refractivity contribution in [1.29, 1.82) is 0 Å². The molecular formula is C14H20ClN3O. The van der Waals surface area contributed by atoms with Gasteiger partial charge in [-0.15, -0.1) is 0 Å². The third kappa shape index (κ3) is 3.19. The van der Waals surface area contributed by atoms with Crippen LogP contribution in [0, 0.1) is 0 Å². The Morgan fingerprint density at radius 3 is 2.84 bits per heavy atom. The molecule has 2 aromatic rings. The summed E-state index contributed by atoms with van der Waals surface area (Å²) in [4.78, 5) is 0. The van der Waals surface area contributed by atoms with E-state index in [2.05, 4.69) is 24.3 Å². The van der Waals surface area contributed by atoms with Crippen LogP contribution in [0.2, 0.25) is 5.22 Å². The van der Waals surface area contributed by atoms with E-state index in [1.165, 1.54) is 0 Å². The van der Waals surface area contributed by atoms with E-state index >= 15 is 0 Å². The topological polar surface area (TPSA) is 43.0 Å². The van der Waals surface area contributed by atoms with Gasteiger partial charge in [0.05, 0.1) is 18.0 Å². The molecule has 0 aliphatic carbocycles. The molecule has 0 aliphatic rings. The summed E-state index contributed by atoms with van der Waals surface area (Å²) in [6.07, 6.45) is 5.57. The van der Waals surface area contributed by atoms with Crippen LogP contribution in [-0.2, 0) is 6.54 Å². The molecule has 0 saturated carbocycles. The minimum Gasteiger partial charge on any atom is -0.453 e. The van der Waals surface area contributed by atoms with Crippen molar-refractivity contribution in [2.24, 2.45) is 0 Å². The van der Waals surface area contributed by atoms with E-state index in [1.807, 2.05) is 23.0 Å². The van der Waals surface area contributed by atoms with Crippen LogP contribution in [0.15, 0.2) is 29.0 Å². The molecule has 19 heavy (non-hydrogen) atoms. The maximum atomic E-state index is 6.12. The molecule has 5 heteroatoms. The Balaban J connectivity index is 2.31. The van der Waals surface area contributed by atoms with Gasteiger partial charge in [-0.3, -0.25) is 4.68 Å². The van der Waals surface area contributed by atoms with Gasteiger partial charge in [0.2, 0.25) is 0 Å². The number of furan rings is 1. The minimum absolute atomic E-state index is 0.0280. The van der Waals surface area contributed by atoms with Gasteiger partial charge in [-0.1, -0.05) is 13.8 Å². The zero-order chi connectivity index (χ0) is 13.7. The van der Waals surface area contributed by atoms with Crippen molar-refractivity contribution in [3.63, 3.8) is 0 Å². The molecule has 1 atom stereocenters. The second kappa shape index (κ2) is 6.78. The van der Waals surface area contributed by atoms with E-state index in [9.17, 15) is 0 Å². The molecule has 2 heterocycles. The monoisotopic (exact) mass is 281 g/mol. The first-order valence-electron chi connectivity index (χ1n) is 6.75. The van der Waals surface area contributed by atoms with E-state index < -0.39 is 0 Å². The highest BCUT2D eigenvalue weighted by atomic mass is 35.5. The number of aromatic nitrogens is 2. The summed E-state index contributed by atoms with van der Waals surface area (Å²) in [5, 5.41) is 8.33. The summed E-state index contributed by atoms with van der Waals surface area (Å²) in [6, 6.07) is 3.98. The van der Waals surface area contributed by atoms with Crippen LogP contribution in [0.25, 0.3) is 0 Å². The van der Waals surface area contributed by atoms with E-state index in [4.69, 9.17) is 16.0 Å². The molecule has 0 spiro atoms. The predicted molar refractivity (Wildman–Crippen MR) is 76.4 cm³/mol. The van der Waals surface area contributed by atoms with Gasteiger partial charge in [-0.2, -0.15) is 5.10 Å². The largest absolute Gasteiger partial charge is 0.453 e. The highest BCUT2D eigenvalue weighted by Gasteiger charge is 2.21. The molecule has 0 fully saturated rings. The lowest BCUT2D eigenvalue weighted by molar-refractivity contribution is 0.504. The third-order valence-electron chi connectivity index (χ3n) is 3.04. The van der Waals surface area contributed by atoms with Gasteiger partial charge in [-0.25, -0.2) is 0 Å². The lowest BCUT2D eigenvalue weighted by atomic mass is 10.1. The fourth-order valence-electron chi connectivity index (χ4n) is 2.16. The summed E-state index contributed by atoms with van der Waals surface area (Å²) in [5.74, 6) is 0. The zero-order valence-corrected chi connectivity index (χ0v) is 12.2. The summed E-state index contributed by atoms with van der Waals surface area (Å²) in [7, 11) is 0. The lowest BCUT2D eigenvalue weighted by Gasteiger charge is -2.19. The third-order valence-corrected chi connectivity index (χ3v) is 3.34. The maximum Gasteiger partial charge on any atom is 0.198 e. The number of nitrogens with one attached hydrogen (secondary N) is 1. The number of hydrogen-bond acceptors (Lipinski definition) is 3. The van der Waals surface area contributed by atoms with Gasteiger partial charge in [0.1, 0.15) is 0 Å². The maximum absolute atomic E-state index is 6.12. The molecule has 0 aromatic carbocycles. The Morgan fingerprint density at radius 1 is 1.37 bits per heavy atom. The van der Waals surface area contributed by atoms with Crippen molar-refractivity contribution in [1.82, 2.24) is 15.1 Å². The first kappa shape index (κ1) is 14.2. The predicted octanol–water partition coefficient (Wildman–Crippen LogP) is 3.63. The summed E-state index contributed by atoms with van der Waals surface area (Å²) in [5.41, 5.74) is 2.09. The van der Waals surface area contributed by atoms with Gasteiger partial charge in [0, 0.05) is 18.3 Å². The fourth-order valence-corrected chi connectivity index (χ4v) is 2.38. The van der Waals surface area contributed by atoms with Crippen LogP contribution >= 0.6 is 11.6 Å². The molecule has 104 valence electrons. The molecule has 0 saturated heterocycles. The summed E-state index contributed by atoms with van der Waals surface area (Å²) in [6.45, 7) is 6.11. The van der Waals surface area contributed by atoms with Crippen LogP contribution in [-0.4, -0.2) is 16.3 Å². The van der Waals surface area contributed by atoms with Gasteiger partial charge in [0.15, 0.2) is 5.22 Å². The van der Waals surface area contributed by atoms with Crippen molar-refractivity contribution in [3.8, 4) is 0 Å². The molecule has 1 N–H and O–H groups in total. The van der Waals surface area contributed by atoms with Crippen molar-refractivity contribution in [2.45, 2.75) is 39.3 Å². The first-order chi connectivity index (χ1) is 9.27. The molecule has 2 aromatic heterocycles. The fraction of sp³-hybridized carbons (Fsp3) is 0.500. The van der Waals surface area contributed by atoms with Gasteiger partial charge in [-0.05, 0) is 43.1 Å². The Hall–Kier alpha value is -1.26. The Bertz CT molecular complexity index is 506. The highest BCUT2D eigenvalue weighted by Crippen LogP contribution is 2.29. The summed E-state index contributed by atoms with van der Waals surface area (Å²) >= 11 is 6.12. The first-order valence-corrected chi connectivity index (χ1v) is 7.13. The van der Waals surface area contributed by atoms with Crippen LogP contribution in [0.5, 0.6) is 0 Å². The number of rotatable bonds is 7. The zero-order valence-electron chi connectivity index (χ0n) is 11.4. The van der Waals surface area contributed by atoms with Gasteiger partial charge < -0.3 is 9.73 Å². The Kier molecular flexibility index (Phi) is 5.05. The SMILES string of the molecule is CCCNC(c1ccoc1Cl)c1ccnn1CCC. The number of hydrogen-bond donors (Lipinski definition) is 1. The second-order valence-electron chi connectivity index (χ2n) is 4.52. The molecule has 0 bridgehead atoms. The average Bonchev–Trinajstić information content (AvgIpc) is 3.01. The van der Waals surface area contributed by atoms with Crippen LogP contribution in [0.3, 0.4) is 0 Å². The van der Waals surface area contributed by atoms with E-state index in [1.54, 1.807) is 6.26 Å². The molecule has 0 aliphatic heterocycles. The van der Waals surface area contributed by atoms with Crippen molar-refractivity contribution in [2.75, 3.05) is 6.54 Å². The normalized spacial score (nSPS) is 12.8. The standard InChI is InChI=1S/C14H20ClN3O/c1-3-7-16-13(11-6-10-19-14(11)15)12-5-8-17-18(12)9-4-2/h5-6,8,10,13,16H,3-4,7,9H2,1-2H3. The lowest BCUT2D eigenvalue weighted by Crippen LogP contribution is -2.25. The van der Waals surface area contributed by atoms with Crippen molar-refractivity contribution >= 4 is 11.6 Å². The smallest absolute Gasteiger partial charge is 0.198 e. The molecule has 2 rings (SSSR count). The van der Waals surface area contributed by atoms with Crippen LogP contribution in [0.4, 0.5) is 0 Å². The number of nitrogens with zero attached hydrogens (tertiary/aromatic N) is 2. The number of halogens is 1. The van der Waals surface area contributed by atoms with Crippen LogP contribution < -0.4 is 5.32 Å². The van der Waals surface area contributed by atoms with E-state index in [-0.39, 0.29) is 6.04 Å². The Morgan fingerprint density at radius 2 is 2.21 bits per heavy atom. The summed E-state index contributed by atoms with van der Waals surface area (Å²) < 4.78 is 7.24. The van der Waals surface area contributed by atoms with Gasteiger partial charge in [0.25, 0.3) is 0 Å². The molecule has 1 unspecified atom stereocenters. The molecule has 0 amide bonds. The average molecular weight is 282 g/mol. The van der Waals surface area contributed by atoms with Crippen molar-refractivity contribution < 1.29 is 4.42 Å². The van der Waals surface area contributed by atoms with Crippen LogP contribution in [0.1, 0.15) is 44.0 Å². The second-order valence-corrected chi connectivity index (χ2v) is 4.86. The molecule has 0 radical (unpaired) electrons. The van der Waals surface area contributed by atoms with Gasteiger partial charge >= 0.3 is 0 Å². The van der Waals surface area contributed by atoms with Crippen molar-refractivity contribution in [3.05, 3.63) is 41.1 Å². The number of aryl methyl sites for hydroxylation is 1. The quantitative estimate of drug-likeness (QED) is 0.843. The highest BCUT2D eigenvalue weighted by molar-refractivity contribution is 6.29. The Labute approximate surface area is 118 Å². The molecule has 4 nitrogen and oxygen atoms in total.